The van der Waals surface area contributed by atoms with Gasteiger partial charge in [-0.1, -0.05) is 46.7 Å². The van der Waals surface area contributed by atoms with Gasteiger partial charge in [-0.05, 0) is 24.3 Å². The summed E-state index contributed by atoms with van der Waals surface area (Å²) in [5.74, 6) is -0.264. The Labute approximate surface area is 153 Å². The number of rotatable bonds is 2. The van der Waals surface area contributed by atoms with E-state index in [2.05, 4.69) is 14.8 Å². The number of anilines is 2. The summed E-state index contributed by atoms with van der Waals surface area (Å²) in [5, 5.41) is 2.03. The summed E-state index contributed by atoms with van der Waals surface area (Å²) < 4.78 is 14.7. The van der Waals surface area contributed by atoms with Gasteiger partial charge in [-0.25, -0.2) is 9.37 Å². The van der Waals surface area contributed by atoms with Crippen LogP contribution in [0.1, 0.15) is 0 Å². The van der Waals surface area contributed by atoms with Gasteiger partial charge in [-0.15, -0.1) is 0 Å². The van der Waals surface area contributed by atoms with Crippen molar-refractivity contribution in [2.45, 2.75) is 0 Å². The molecular weight excluding hydrogens is 368 g/mol. The van der Waals surface area contributed by atoms with Gasteiger partial charge in [0.25, 0.3) is 0 Å². The SMILES string of the molecule is Fc1cccc2sc(N3CCN(c4cccc(Cl)c4Cl)CC3)nc12. The Hall–Kier alpha value is -1.56. The fourth-order valence-corrected chi connectivity index (χ4v) is 4.36. The van der Waals surface area contributed by atoms with Gasteiger partial charge in [0.05, 0.1) is 20.4 Å². The average Bonchev–Trinajstić information content (AvgIpc) is 3.03. The number of para-hydroxylation sites is 1. The maximum atomic E-state index is 13.8. The highest BCUT2D eigenvalue weighted by molar-refractivity contribution is 7.22. The number of piperazine rings is 1. The number of benzene rings is 2. The quantitative estimate of drug-likeness (QED) is 0.617. The van der Waals surface area contributed by atoms with Crippen LogP contribution in [-0.4, -0.2) is 31.2 Å². The van der Waals surface area contributed by atoms with Crippen molar-refractivity contribution in [3.05, 3.63) is 52.3 Å². The Morgan fingerprint density at radius 2 is 1.67 bits per heavy atom. The molecule has 0 amide bonds. The number of nitrogens with zero attached hydrogens (tertiary/aromatic N) is 3. The van der Waals surface area contributed by atoms with Crippen molar-refractivity contribution in [3.8, 4) is 0 Å². The van der Waals surface area contributed by atoms with Gasteiger partial charge < -0.3 is 9.80 Å². The van der Waals surface area contributed by atoms with Gasteiger partial charge in [-0.3, -0.25) is 0 Å². The zero-order valence-corrected chi connectivity index (χ0v) is 15.0. The number of hydrogen-bond donors (Lipinski definition) is 0. The van der Waals surface area contributed by atoms with Crippen LogP contribution in [0.3, 0.4) is 0 Å². The fraction of sp³-hybridized carbons (Fsp3) is 0.235. The van der Waals surface area contributed by atoms with Crippen molar-refractivity contribution in [3.63, 3.8) is 0 Å². The Morgan fingerprint density at radius 3 is 2.42 bits per heavy atom. The minimum Gasteiger partial charge on any atom is -0.367 e. The number of halogens is 3. The van der Waals surface area contributed by atoms with E-state index in [1.165, 1.54) is 17.4 Å². The molecule has 1 fully saturated rings. The molecule has 3 aromatic rings. The molecule has 0 aliphatic carbocycles. The van der Waals surface area contributed by atoms with Crippen LogP contribution in [0.2, 0.25) is 10.0 Å². The number of fused-ring (bicyclic) bond motifs is 1. The van der Waals surface area contributed by atoms with E-state index in [1.54, 1.807) is 12.1 Å². The van der Waals surface area contributed by atoms with E-state index in [0.29, 0.717) is 15.6 Å². The third-order valence-corrected chi connectivity index (χ3v) is 6.07. The minimum absolute atomic E-state index is 0.264. The van der Waals surface area contributed by atoms with Gasteiger partial charge in [0.1, 0.15) is 11.3 Å². The molecule has 0 saturated carbocycles. The summed E-state index contributed by atoms with van der Waals surface area (Å²) in [6.07, 6.45) is 0. The molecular formula is C17H14Cl2FN3S. The Bertz CT molecular complexity index is 891. The summed E-state index contributed by atoms with van der Waals surface area (Å²) in [6.45, 7) is 3.26. The molecule has 2 aromatic carbocycles. The highest BCUT2D eigenvalue weighted by atomic mass is 35.5. The summed E-state index contributed by atoms with van der Waals surface area (Å²) in [7, 11) is 0. The van der Waals surface area contributed by atoms with Gasteiger partial charge in [-0.2, -0.15) is 0 Å². The molecule has 1 aliphatic rings. The molecule has 0 radical (unpaired) electrons. The van der Waals surface area contributed by atoms with E-state index >= 15 is 0 Å². The highest BCUT2D eigenvalue weighted by Crippen LogP contribution is 2.34. The second-order valence-electron chi connectivity index (χ2n) is 5.63. The zero-order chi connectivity index (χ0) is 16.7. The minimum atomic E-state index is -0.264. The fourth-order valence-electron chi connectivity index (χ4n) is 2.91. The lowest BCUT2D eigenvalue weighted by atomic mass is 10.2. The molecule has 1 saturated heterocycles. The summed E-state index contributed by atoms with van der Waals surface area (Å²) in [6, 6.07) is 10.8. The van der Waals surface area contributed by atoms with Crippen molar-refractivity contribution >= 4 is 55.6 Å². The normalized spacial score (nSPS) is 15.3. The average molecular weight is 382 g/mol. The third kappa shape index (κ3) is 2.81. The second-order valence-corrected chi connectivity index (χ2v) is 7.42. The first-order valence-electron chi connectivity index (χ1n) is 7.62. The lowest BCUT2D eigenvalue weighted by Gasteiger charge is -2.36. The van der Waals surface area contributed by atoms with E-state index in [-0.39, 0.29) is 5.82 Å². The highest BCUT2D eigenvalue weighted by Gasteiger charge is 2.22. The summed E-state index contributed by atoms with van der Waals surface area (Å²) in [4.78, 5) is 8.88. The molecule has 2 heterocycles. The van der Waals surface area contributed by atoms with Crippen LogP contribution in [0.5, 0.6) is 0 Å². The van der Waals surface area contributed by atoms with E-state index < -0.39 is 0 Å². The van der Waals surface area contributed by atoms with E-state index in [9.17, 15) is 4.39 Å². The lowest BCUT2D eigenvalue weighted by molar-refractivity contribution is 0.635. The predicted molar refractivity (Wildman–Crippen MR) is 100 cm³/mol. The molecule has 0 bridgehead atoms. The number of thiazole rings is 1. The van der Waals surface area contributed by atoms with Crippen LogP contribution in [0.15, 0.2) is 36.4 Å². The van der Waals surface area contributed by atoms with Crippen LogP contribution in [0.4, 0.5) is 15.2 Å². The van der Waals surface area contributed by atoms with Crippen molar-refractivity contribution in [1.82, 2.24) is 4.98 Å². The Kier molecular flexibility index (Phi) is 4.24. The smallest absolute Gasteiger partial charge is 0.186 e. The molecule has 0 spiro atoms. The van der Waals surface area contributed by atoms with E-state index in [0.717, 1.165) is 41.7 Å². The zero-order valence-electron chi connectivity index (χ0n) is 12.7. The molecule has 4 rings (SSSR count). The van der Waals surface area contributed by atoms with Crippen molar-refractivity contribution in [2.75, 3.05) is 36.0 Å². The van der Waals surface area contributed by atoms with Crippen molar-refractivity contribution in [2.24, 2.45) is 0 Å². The molecule has 0 atom stereocenters. The first-order chi connectivity index (χ1) is 11.6. The molecule has 124 valence electrons. The molecule has 1 aliphatic heterocycles. The molecule has 0 N–H and O–H groups in total. The van der Waals surface area contributed by atoms with Gasteiger partial charge in [0.2, 0.25) is 0 Å². The van der Waals surface area contributed by atoms with Crippen molar-refractivity contribution < 1.29 is 4.39 Å². The monoisotopic (exact) mass is 381 g/mol. The molecule has 7 heteroatoms. The van der Waals surface area contributed by atoms with E-state index in [4.69, 9.17) is 23.2 Å². The van der Waals surface area contributed by atoms with Crippen molar-refractivity contribution in [1.29, 1.82) is 0 Å². The predicted octanol–water partition coefficient (Wildman–Crippen LogP) is 5.07. The van der Waals surface area contributed by atoms with Crippen LogP contribution in [0, 0.1) is 5.82 Å². The maximum absolute atomic E-state index is 13.8. The number of aromatic nitrogens is 1. The Morgan fingerprint density at radius 1 is 0.958 bits per heavy atom. The van der Waals surface area contributed by atoms with Crippen LogP contribution < -0.4 is 9.80 Å². The lowest BCUT2D eigenvalue weighted by Crippen LogP contribution is -2.46. The summed E-state index contributed by atoms with van der Waals surface area (Å²) in [5.41, 5.74) is 1.41. The van der Waals surface area contributed by atoms with E-state index in [1.807, 2.05) is 18.2 Å². The molecule has 0 unspecified atom stereocenters. The van der Waals surface area contributed by atoms with Crippen LogP contribution in [-0.2, 0) is 0 Å². The first-order valence-corrected chi connectivity index (χ1v) is 9.19. The van der Waals surface area contributed by atoms with Gasteiger partial charge in [0, 0.05) is 26.2 Å². The Balaban J connectivity index is 1.53. The number of hydrogen-bond acceptors (Lipinski definition) is 4. The molecule has 3 nitrogen and oxygen atoms in total. The van der Waals surface area contributed by atoms with Crippen LogP contribution >= 0.6 is 34.5 Å². The second kappa shape index (κ2) is 6.39. The third-order valence-electron chi connectivity index (χ3n) is 4.18. The molecule has 1 aromatic heterocycles. The maximum Gasteiger partial charge on any atom is 0.186 e. The largest absolute Gasteiger partial charge is 0.367 e. The molecule has 24 heavy (non-hydrogen) atoms. The summed E-state index contributed by atoms with van der Waals surface area (Å²) >= 11 is 13.9. The van der Waals surface area contributed by atoms with Crippen LogP contribution in [0.25, 0.3) is 10.2 Å². The standard InChI is InChI=1S/C17H14Cl2FN3S/c18-11-3-1-5-13(15(11)19)22-7-9-23(10-8-22)17-21-16-12(20)4-2-6-14(16)24-17/h1-6H,7-10H2. The topological polar surface area (TPSA) is 19.4 Å². The van der Waals surface area contributed by atoms with Gasteiger partial charge in [0.15, 0.2) is 5.13 Å². The van der Waals surface area contributed by atoms with Gasteiger partial charge >= 0.3 is 0 Å². The first kappa shape index (κ1) is 15.9.